The van der Waals surface area contributed by atoms with Crippen LogP contribution in [0.2, 0.25) is 0 Å². The normalized spacial score (nSPS) is 9.75. The Bertz CT molecular complexity index is 437. The second kappa shape index (κ2) is 8.00. The van der Waals surface area contributed by atoms with E-state index in [9.17, 15) is 9.59 Å². The molecule has 0 fully saturated rings. The number of rotatable bonds is 4. The van der Waals surface area contributed by atoms with Gasteiger partial charge >= 0.3 is 12.1 Å². The number of carbonyl (C=O) groups is 2. The zero-order valence-electron chi connectivity index (χ0n) is 11.7. The summed E-state index contributed by atoms with van der Waals surface area (Å²) in [4.78, 5) is 24.9. The van der Waals surface area contributed by atoms with Crippen LogP contribution in [-0.4, -0.2) is 49.2 Å². The number of benzene rings is 1. The number of amides is 3. The molecule has 0 spiro atoms. The summed E-state index contributed by atoms with van der Waals surface area (Å²) < 4.78 is 5.17. The maximum absolute atomic E-state index is 12.0. The Hall–Kier alpha value is -2.28. The lowest BCUT2D eigenvalue weighted by Gasteiger charge is -2.24. The smallest absolute Gasteiger partial charge is 0.409 e. The van der Waals surface area contributed by atoms with E-state index in [-0.39, 0.29) is 6.54 Å². The third-order valence-corrected chi connectivity index (χ3v) is 2.39. The monoisotopic (exact) mass is 280 g/mol. The van der Waals surface area contributed by atoms with Gasteiger partial charge in [0.25, 0.3) is 0 Å². The maximum atomic E-state index is 12.0. The highest BCUT2D eigenvalue weighted by molar-refractivity contribution is 5.78. The predicted octanol–water partition coefficient (Wildman–Crippen LogP) is 1.02. The van der Waals surface area contributed by atoms with Gasteiger partial charge in [-0.15, -0.1) is 0 Å². The first-order valence-corrected chi connectivity index (χ1v) is 6.27. The maximum Gasteiger partial charge on any atom is 0.434 e. The summed E-state index contributed by atoms with van der Waals surface area (Å²) >= 11 is 0. The molecule has 0 aromatic heterocycles. The number of carbonyl (C=O) groups excluding carboxylic acids is 2. The molecule has 0 radical (unpaired) electrons. The molecule has 3 amide bonds. The van der Waals surface area contributed by atoms with Gasteiger partial charge < -0.3 is 15.4 Å². The van der Waals surface area contributed by atoms with Crippen LogP contribution in [0.1, 0.15) is 6.42 Å². The van der Waals surface area contributed by atoms with Crippen molar-refractivity contribution < 1.29 is 14.3 Å². The minimum absolute atomic E-state index is 0.280. The molecule has 1 rings (SSSR count). The summed E-state index contributed by atoms with van der Waals surface area (Å²) in [6, 6.07) is 8.24. The number of ether oxygens (including phenoxy) is 1. The van der Waals surface area contributed by atoms with Gasteiger partial charge in [0.2, 0.25) is 0 Å². The number of nitrogens with zero attached hydrogens (tertiary/aromatic N) is 2. The van der Waals surface area contributed by atoms with Crippen LogP contribution in [0, 0.1) is 0 Å². The molecule has 0 aliphatic carbocycles. The summed E-state index contributed by atoms with van der Waals surface area (Å²) in [6.45, 7) is 0.689. The lowest BCUT2D eigenvalue weighted by atomic mass is 10.3. The van der Waals surface area contributed by atoms with E-state index in [1.165, 1.54) is 4.90 Å². The van der Waals surface area contributed by atoms with E-state index in [0.717, 1.165) is 5.01 Å². The molecule has 0 saturated carbocycles. The first-order chi connectivity index (χ1) is 9.54. The van der Waals surface area contributed by atoms with Crippen molar-refractivity contribution in [2.75, 3.05) is 27.2 Å². The fourth-order valence-corrected chi connectivity index (χ4v) is 1.30. The zero-order chi connectivity index (χ0) is 15.0. The number of hydrogen-bond acceptors (Lipinski definition) is 4. The molecule has 1 aromatic rings. The van der Waals surface area contributed by atoms with Crippen molar-refractivity contribution in [2.24, 2.45) is 5.73 Å². The summed E-state index contributed by atoms with van der Waals surface area (Å²) in [7, 11) is 3.16. The third-order valence-electron chi connectivity index (χ3n) is 2.39. The minimum atomic E-state index is -0.653. The largest absolute Gasteiger partial charge is 0.434 e. The van der Waals surface area contributed by atoms with E-state index in [4.69, 9.17) is 10.5 Å². The third kappa shape index (κ3) is 5.15. The van der Waals surface area contributed by atoms with Crippen molar-refractivity contribution in [3.63, 3.8) is 0 Å². The van der Waals surface area contributed by atoms with Gasteiger partial charge in [0.1, 0.15) is 5.75 Å². The average molecular weight is 280 g/mol. The Morgan fingerprint density at radius 2 is 1.90 bits per heavy atom. The first kappa shape index (κ1) is 15.8. The van der Waals surface area contributed by atoms with Gasteiger partial charge in [0.05, 0.1) is 0 Å². The fourth-order valence-electron chi connectivity index (χ4n) is 1.30. The van der Waals surface area contributed by atoms with E-state index in [2.05, 4.69) is 5.43 Å². The molecular formula is C13H20N4O3. The van der Waals surface area contributed by atoms with Gasteiger partial charge in [-0.2, -0.15) is 0 Å². The summed E-state index contributed by atoms with van der Waals surface area (Å²) in [6.07, 6.45) is -0.0997. The van der Waals surface area contributed by atoms with Crippen LogP contribution in [0.15, 0.2) is 30.3 Å². The first-order valence-electron chi connectivity index (χ1n) is 6.27. The highest BCUT2D eigenvalue weighted by atomic mass is 16.6. The van der Waals surface area contributed by atoms with Crippen LogP contribution in [0.4, 0.5) is 9.59 Å². The molecule has 0 aliphatic rings. The van der Waals surface area contributed by atoms with Gasteiger partial charge in [-0.3, -0.25) is 0 Å². The highest BCUT2D eigenvalue weighted by Gasteiger charge is 2.18. The summed E-state index contributed by atoms with van der Waals surface area (Å²) in [5, 5.41) is 1.11. The topological polar surface area (TPSA) is 87.9 Å². The van der Waals surface area contributed by atoms with Gasteiger partial charge in [-0.25, -0.2) is 20.0 Å². The van der Waals surface area contributed by atoms with E-state index >= 15 is 0 Å². The number of nitrogens with one attached hydrogen (secondary N) is 1. The van der Waals surface area contributed by atoms with E-state index in [1.807, 2.05) is 6.07 Å². The van der Waals surface area contributed by atoms with Crippen molar-refractivity contribution in [3.05, 3.63) is 30.3 Å². The fraction of sp³-hybridized carbons (Fsp3) is 0.385. The van der Waals surface area contributed by atoms with Crippen LogP contribution >= 0.6 is 0 Å². The van der Waals surface area contributed by atoms with E-state index in [1.54, 1.807) is 38.4 Å². The molecular weight excluding hydrogens is 260 g/mol. The minimum Gasteiger partial charge on any atom is -0.409 e. The molecule has 0 aliphatic heterocycles. The molecule has 110 valence electrons. The Balaban J connectivity index is 2.66. The van der Waals surface area contributed by atoms with Crippen LogP contribution in [0.3, 0.4) is 0 Å². The number of nitrogens with two attached hydrogens (primary N) is 1. The lowest BCUT2D eigenvalue weighted by molar-refractivity contribution is 0.123. The molecule has 0 bridgehead atoms. The molecule has 7 nitrogen and oxygen atoms in total. The van der Waals surface area contributed by atoms with Crippen molar-refractivity contribution in [2.45, 2.75) is 6.42 Å². The van der Waals surface area contributed by atoms with Crippen LogP contribution < -0.4 is 15.9 Å². The summed E-state index contributed by atoms with van der Waals surface area (Å²) in [5.74, 6) is 0.411. The van der Waals surface area contributed by atoms with Crippen molar-refractivity contribution in [1.82, 2.24) is 15.3 Å². The SMILES string of the molecule is CN(C)C(=O)NN(CCCN)C(=O)Oc1ccccc1. The Morgan fingerprint density at radius 1 is 1.25 bits per heavy atom. The Morgan fingerprint density at radius 3 is 2.45 bits per heavy atom. The van der Waals surface area contributed by atoms with Crippen LogP contribution in [0.5, 0.6) is 5.75 Å². The van der Waals surface area contributed by atoms with Crippen LogP contribution in [-0.2, 0) is 0 Å². The van der Waals surface area contributed by atoms with Crippen molar-refractivity contribution in [3.8, 4) is 5.75 Å². The van der Waals surface area contributed by atoms with Gasteiger partial charge in [0, 0.05) is 20.6 Å². The molecule has 0 saturated heterocycles. The van der Waals surface area contributed by atoms with Crippen molar-refractivity contribution >= 4 is 12.1 Å². The average Bonchev–Trinajstić information content (AvgIpc) is 2.43. The highest BCUT2D eigenvalue weighted by Crippen LogP contribution is 2.09. The van der Waals surface area contributed by atoms with E-state index < -0.39 is 12.1 Å². The van der Waals surface area contributed by atoms with Gasteiger partial charge in [0.15, 0.2) is 0 Å². The lowest BCUT2D eigenvalue weighted by Crippen LogP contribution is -2.51. The van der Waals surface area contributed by atoms with E-state index in [0.29, 0.717) is 18.7 Å². The number of hydrazine groups is 1. The standard InChI is InChI=1S/C13H20N4O3/c1-16(2)12(18)15-17(10-6-9-14)13(19)20-11-7-4-3-5-8-11/h3-5,7-8H,6,9-10,14H2,1-2H3,(H,15,18). The molecule has 0 heterocycles. The number of urea groups is 1. The molecule has 1 aromatic carbocycles. The molecule has 20 heavy (non-hydrogen) atoms. The number of para-hydroxylation sites is 1. The second-order valence-electron chi connectivity index (χ2n) is 4.29. The zero-order valence-corrected chi connectivity index (χ0v) is 11.7. The summed E-state index contributed by atoms with van der Waals surface area (Å²) in [5.41, 5.74) is 7.88. The van der Waals surface area contributed by atoms with Gasteiger partial charge in [-0.1, -0.05) is 18.2 Å². The Labute approximate surface area is 118 Å². The molecule has 0 atom stereocenters. The predicted molar refractivity (Wildman–Crippen MR) is 75.1 cm³/mol. The van der Waals surface area contributed by atoms with Crippen molar-refractivity contribution in [1.29, 1.82) is 0 Å². The van der Waals surface area contributed by atoms with Gasteiger partial charge in [-0.05, 0) is 25.1 Å². The molecule has 7 heteroatoms. The second-order valence-corrected chi connectivity index (χ2v) is 4.29. The Kier molecular flexibility index (Phi) is 6.31. The molecule has 0 unspecified atom stereocenters. The number of hydrogen-bond donors (Lipinski definition) is 2. The van der Waals surface area contributed by atoms with Crippen LogP contribution in [0.25, 0.3) is 0 Å². The molecule has 3 N–H and O–H groups in total. The quantitative estimate of drug-likeness (QED) is 0.806.